The number of nitrogens with one attached hydrogen (secondary N) is 1. The van der Waals surface area contributed by atoms with Crippen molar-refractivity contribution in [2.24, 2.45) is 5.92 Å². The zero-order valence-electron chi connectivity index (χ0n) is 12.0. The first-order valence-corrected chi connectivity index (χ1v) is 6.92. The summed E-state index contributed by atoms with van der Waals surface area (Å²) < 4.78 is 0. The normalized spacial score (nSPS) is 19.0. The van der Waals surface area contributed by atoms with Crippen molar-refractivity contribution < 1.29 is 9.59 Å². The molecule has 1 fully saturated rings. The van der Waals surface area contributed by atoms with Gasteiger partial charge in [0.15, 0.2) is 0 Å². The SMILES string of the molecule is Cc1ccc(N)cc1NC(=O)CN1CCCC(C)C1=O. The molecule has 108 valence electrons. The van der Waals surface area contributed by atoms with E-state index in [4.69, 9.17) is 5.73 Å². The van der Waals surface area contributed by atoms with Gasteiger partial charge in [0.1, 0.15) is 0 Å². The van der Waals surface area contributed by atoms with Crippen LogP contribution in [0.4, 0.5) is 11.4 Å². The molecule has 0 spiro atoms. The number of aryl methyl sites for hydroxylation is 1. The Morgan fingerprint density at radius 3 is 3.00 bits per heavy atom. The number of hydrogen-bond donors (Lipinski definition) is 2. The van der Waals surface area contributed by atoms with E-state index in [1.165, 1.54) is 0 Å². The predicted octanol–water partition coefficient (Wildman–Crippen LogP) is 1.77. The second-order valence-electron chi connectivity index (χ2n) is 5.43. The lowest BCUT2D eigenvalue weighted by Crippen LogP contribution is -2.44. The molecule has 0 radical (unpaired) electrons. The van der Waals surface area contributed by atoms with E-state index in [-0.39, 0.29) is 24.3 Å². The van der Waals surface area contributed by atoms with Gasteiger partial charge in [-0.3, -0.25) is 9.59 Å². The van der Waals surface area contributed by atoms with Crippen LogP contribution in [0.5, 0.6) is 0 Å². The van der Waals surface area contributed by atoms with Crippen molar-refractivity contribution in [3.8, 4) is 0 Å². The molecule has 0 aliphatic carbocycles. The number of nitrogen functional groups attached to an aromatic ring is 1. The van der Waals surface area contributed by atoms with Crippen molar-refractivity contribution in [3.63, 3.8) is 0 Å². The third-order valence-corrected chi connectivity index (χ3v) is 3.67. The first-order valence-electron chi connectivity index (χ1n) is 6.92. The lowest BCUT2D eigenvalue weighted by Gasteiger charge is -2.30. The quantitative estimate of drug-likeness (QED) is 0.826. The summed E-state index contributed by atoms with van der Waals surface area (Å²) in [6, 6.07) is 5.38. The van der Waals surface area contributed by atoms with Gasteiger partial charge < -0.3 is 16.0 Å². The van der Waals surface area contributed by atoms with Crippen LogP contribution in [0.15, 0.2) is 18.2 Å². The molecule has 1 aromatic carbocycles. The Kier molecular flexibility index (Phi) is 4.27. The van der Waals surface area contributed by atoms with Crippen molar-refractivity contribution in [2.75, 3.05) is 24.1 Å². The number of amides is 2. The standard InChI is InChI=1S/C15H21N3O2/c1-10-5-6-12(16)8-13(10)17-14(19)9-18-7-3-4-11(2)15(18)20/h5-6,8,11H,3-4,7,9,16H2,1-2H3,(H,17,19). The summed E-state index contributed by atoms with van der Waals surface area (Å²) in [7, 11) is 0. The molecule has 2 rings (SSSR count). The maximum absolute atomic E-state index is 12.1. The topological polar surface area (TPSA) is 75.4 Å². The van der Waals surface area contributed by atoms with Crippen LogP contribution in [-0.2, 0) is 9.59 Å². The van der Waals surface area contributed by atoms with Crippen LogP contribution in [-0.4, -0.2) is 29.8 Å². The average molecular weight is 275 g/mol. The number of hydrogen-bond acceptors (Lipinski definition) is 3. The summed E-state index contributed by atoms with van der Waals surface area (Å²) >= 11 is 0. The van der Waals surface area contributed by atoms with Crippen LogP contribution < -0.4 is 11.1 Å². The van der Waals surface area contributed by atoms with Gasteiger partial charge in [-0.25, -0.2) is 0 Å². The molecule has 5 nitrogen and oxygen atoms in total. The molecule has 2 amide bonds. The van der Waals surface area contributed by atoms with Crippen LogP contribution in [0.2, 0.25) is 0 Å². The van der Waals surface area contributed by atoms with Gasteiger partial charge in [0.2, 0.25) is 11.8 Å². The average Bonchev–Trinajstić information content (AvgIpc) is 2.39. The highest BCUT2D eigenvalue weighted by atomic mass is 16.2. The van der Waals surface area contributed by atoms with Crippen molar-refractivity contribution in [1.82, 2.24) is 4.90 Å². The first-order chi connectivity index (χ1) is 9.47. The minimum Gasteiger partial charge on any atom is -0.399 e. The van der Waals surface area contributed by atoms with Gasteiger partial charge in [0.05, 0.1) is 6.54 Å². The van der Waals surface area contributed by atoms with Gasteiger partial charge in [-0.1, -0.05) is 13.0 Å². The maximum atomic E-state index is 12.1. The second kappa shape index (κ2) is 5.94. The number of likely N-dealkylation sites (tertiary alicyclic amines) is 1. The third kappa shape index (κ3) is 3.29. The molecule has 0 saturated carbocycles. The van der Waals surface area contributed by atoms with Crippen LogP contribution in [0.25, 0.3) is 0 Å². The smallest absolute Gasteiger partial charge is 0.244 e. The molecule has 1 aliphatic rings. The van der Waals surface area contributed by atoms with Crippen LogP contribution in [0.1, 0.15) is 25.3 Å². The largest absolute Gasteiger partial charge is 0.399 e. The summed E-state index contributed by atoms with van der Waals surface area (Å²) in [5, 5.41) is 2.82. The minimum atomic E-state index is -0.179. The molecule has 1 aliphatic heterocycles. The summed E-state index contributed by atoms with van der Waals surface area (Å²) in [4.78, 5) is 25.6. The van der Waals surface area contributed by atoms with Gasteiger partial charge in [-0.2, -0.15) is 0 Å². The number of nitrogens with two attached hydrogens (primary N) is 1. The highest BCUT2D eigenvalue weighted by Crippen LogP contribution is 2.19. The number of piperidine rings is 1. The Morgan fingerprint density at radius 2 is 2.25 bits per heavy atom. The van der Waals surface area contributed by atoms with Crippen LogP contribution in [0.3, 0.4) is 0 Å². The second-order valence-corrected chi connectivity index (χ2v) is 5.43. The van der Waals surface area contributed by atoms with E-state index in [2.05, 4.69) is 5.32 Å². The van der Waals surface area contributed by atoms with Gasteiger partial charge in [-0.05, 0) is 37.5 Å². The Labute approximate surface area is 119 Å². The molecular formula is C15H21N3O2. The van der Waals surface area contributed by atoms with Crippen molar-refractivity contribution in [3.05, 3.63) is 23.8 Å². The molecule has 20 heavy (non-hydrogen) atoms. The fraction of sp³-hybridized carbons (Fsp3) is 0.467. The number of rotatable bonds is 3. The first kappa shape index (κ1) is 14.4. The number of carbonyl (C=O) groups is 2. The molecule has 1 heterocycles. The van der Waals surface area contributed by atoms with E-state index in [0.717, 1.165) is 18.4 Å². The zero-order chi connectivity index (χ0) is 14.7. The highest BCUT2D eigenvalue weighted by molar-refractivity contribution is 5.95. The van der Waals surface area contributed by atoms with Gasteiger partial charge in [0, 0.05) is 23.8 Å². The summed E-state index contributed by atoms with van der Waals surface area (Å²) in [6.45, 7) is 4.58. The molecule has 1 saturated heterocycles. The highest BCUT2D eigenvalue weighted by Gasteiger charge is 2.26. The van der Waals surface area contributed by atoms with E-state index in [9.17, 15) is 9.59 Å². The Morgan fingerprint density at radius 1 is 1.50 bits per heavy atom. The summed E-state index contributed by atoms with van der Waals surface area (Å²) in [6.07, 6.45) is 1.86. The predicted molar refractivity (Wildman–Crippen MR) is 79.2 cm³/mol. The van der Waals surface area contributed by atoms with E-state index in [0.29, 0.717) is 17.9 Å². The lowest BCUT2D eigenvalue weighted by atomic mass is 9.99. The number of nitrogens with zero attached hydrogens (tertiary/aromatic N) is 1. The monoisotopic (exact) mass is 275 g/mol. The van der Waals surface area contributed by atoms with Gasteiger partial charge in [0.25, 0.3) is 0 Å². The van der Waals surface area contributed by atoms with Crippen LogP contribution >= 0.6 is 0 Å². The number of carbonyl (C=O) groups excluding carboxylic acids is 2. The van der Waals surface area contributed by atoms with E-state index >= 15 is 0 Å². The number of benzene rings is 1. The maximum Gasteiger partial charge on any atom is 0.244 e. The molecule has 1 atom stereocenters. The van der Waals surface area contributed by atoms with Crippen molar-refractivity contribution >= 4 is 23.2 Å². The molecule has 0 bridgehead atoms. The van der Waals surface area contributed by atoms with Crippen molar-refractivity contribution in [1.29, 1.82) is 0 Å². The summed E-state index contributed by atoms with van der Waals surface area (Å²) in [5.74, 6) is -0.0949. The van der Waals surface area contributed by atoms with E-state index in [1.807, 2.05) is 19.9 Å². The Hall–Kier alpha value is -2.04. The minimum absolute atomic E-state index is 0.0191. The molecule has 5 heteroatoms. The molecule has 1 aromatic rings. The molecule has 0 aromatic heterocycles. The Balaban J connectivity index is 1.98. The van der Waals surface area contributed by atoms with Crippen LogP contribution in [0, 0.1) is 12.8 Å². The van der Waals surface area contributed by atoms with Gasteiger partial charge >= 0.3 is 0 Å². The fourth-order valence-corrected chi connectivity index (χ4v) is 2.43. The van der Waals surface area contributed by atoms with Gasteiger partial charge in [-0.15, -0.1) is 0 Å². The summed E-state index contributed by atoms with van der Waals surface area (Å²) in [5.41, 5.74) is 7.97. The number of anilines is 2. The fourth-order valence-electron chi connectivity index (χ4n) is 2.43. The molecule has 3 N–H and O–H groups in total. The van der Waals surface area contributed by atoms with E-state index in [1.54, 1.807) is 17.0 Å². The van der Waals surface area contributed by atoms with Crippen molar-refractivity contribution in [2.45, 2.75) is 26.7 Å². The lowest BCUT2D eigenvalue weighted by molar-refractivity contribution is -0.140. The zero-order valence-corrected chi connectivity index (χ0v) is 12.0. The molecule has 1 unspecified atom stereocenters. The van der Waals surface area contributed by atoms with E-state index < -0.39 is 0 Å². The third-order valence-electron chi connectivity index (χ3n) is 3.67. The Bertz CT molecular complexity index is 528. The molecular weight excluding hydrogens is 254 g/mol.